The monoisotopic (exact) mass is 559 g/mol. The van der Waals surface area contributed by atoms with Crippen LogP contribution >= 0.6 is 23.4 Å². The average Bonchev–Trinajstić information content (AvgIpc) is 2.94. The fourth-order valence-electron chi connectivity index (χ4n) is 3.43. The highest BCUT2D eigenvalue weighted by molar-refractivity contribution is 8.00. The fraction of sp³-hybridized carbons (Fsp3) is 0.0333. The molecule has 0 bridgehead atoms. The topological polar surface area (TPSA) is 87.3 Å². The molecule has 4 aromatic rings. The lowest BCUT2D eigenvalue weighted by Crippen LogP contribution is -2.30. The molecule has 0 saturated carbocycles. The van der Waals surface area contributed by atoms with Crippen LogP contribution in [0.25, 0.3) is 6.08 Å². The first-order valence-electron chi connectivity index (χ1n) is 11.8. The van der Waals surface area contributed by atoms with Gasteiger partial charge in [-0.25, -0.2) is 4.39 Å². The second kappa shape index (κ2) is 13.4. The summed E-state index contributed by atoms with van der Waals surface area (Å²) in [6.45, 7) is 0. The summed E-state index contributed by atoms with van der Waals surface area (Å²) in [5.74, 6) is -1.54. The molecule has 0 aliphatic carbocycles. The summed E-state index contributed by atoms with van der Waals surface area (Å²) in [4.78, 5) is 39.1. The second-order valence-electron chi connectivity index (χ2n) is 8.23. The van der Waals surface area contributed by atoms with E-state index in [1.807, 2.05) is 6.07 Å². The Bertz CT molecular complexity index is 1510. The van der Waals surface area contributed by atoms with Gasteiger partial charge in [0, 0.05) is 16.1 Å². The number of hydrogen-bond donors (Lipinski definition) is 3. The summed E-state index contributed by atoms with van der Waals surface area (Å²) in [6.07, 6.45) is 1.47. The van der Waals surface area contributed by atoms with Gasteiger partial charge in [-0.3, -0.25) is 14.4 Å². The van der Waals surface area contributed by atoms with Gasteiger partial charge in [0.1, 0.15) is 11.5 Å². The molecule has 4 rings (SSSR count). The van der Waals surface area contributed by atoms with Crippen molar-refractivity contribution in [1.82, 2.24) is 5.32 Å². The molecule has 196 valence electrons. The molecule has 0 spiro atoms. The Labute approximate surface area is 234 Å². The van der Waals surface area contributed by atoms with Gasteiger partial charge in [-0.1, -0.05) is 60.1 Å². The third-order valence-electron chi connectivity index (χ3n) is 5.32. The lowest BCUT2D eigenvalue weighted by atomic mass is 10.1. The normalized spacial score (nSPS) is 11.0. The summed E-state index contributed by atoms with van der Waals surface area (Å²) >= 11 is 7.38. The molecule has 0 atom stereocenters. The predicted octanol–water partition coefficient (Wildman–Crippen LogP) is 6.62. The average molecular weight is 560 g/mol. The van der Waals surface area contributed by atoms with E-state index >= 15 is 0 Å². The highest BCUT2D eigenvalue weighted by Gasteiger charge is 2.15. The van der Waals surface area contributed by atoms with Crippen LogP contribution in [0.2, 0.25) is 5.02 Å². The molecule has 0 aliphatic rings. The largest absolute Gasteiger partial charge is 0.324 e. The van der Waals surface area contributed by atoms with Gasteiger partial charge in [-0.15, -0.1) is 11.8 Å². The maximum atomic E-state index is 13.4. The van der Waals surface area contributed by atoms with E-state index in [4.69, 9.17) is 11.6 Å². The molecule has 0 fully saturated rings. The molecule has 4 aromatic carbocycles. The van der Waals surface area contributed by atoms with Crippen LogP contribution in [0, 0.1) is 5.82 Å². The number of amides is 3. The number of nitrogens with one attached hydrogen (secondary N) is 3. The van der Waals surface area contributed by atoms with E-state index in [1.54, 1.807) is 72.8 Å². The lowest BCUT2D eigenvalue weighted by Gasteiger charge is -2.12. The van der Waals surface area contributed by atoms with Gasteiger partial charge in [-0.2, -0.15) is 0 Å². The molecule has 39 heavy (non-hydrogen) atoms. The van der Waals surface area contributed by atoms with Gasteiger partial charge in [0.2, 0.25) is 5.91 Å². The van der Waals surface area contributed by atoms with Crippen LogP contribution < -0.4 is 16.0 Å². The standard InChI is InChI=1S/C30H23ClFN3O3S/c31-25-11-4-5-12-26(25)34-28(36)19-39-24-10-6-9-23(18-24)33-30(38)27(17-20-13-15-22(32)16-14-20)35-29(37)21-7-2-1-3-8-21/h1-18H,19H2,(H,33,38)(H,34,36)(H,35,37)/b27-17-. The predicted molar refractivity (Wildman–Crippen MR) is 154 cm³/mol. The maximum Gasteiger partial charge on any atom is 0.272 e. The SMILES string of the molecule is O=C(CSc1cccc(NC(=O)/C(=C/c2ccc(F)cc2)NC(=O)c2ccccc2)c1)Nc1ccccc1Cl. The Hall–Kier alpha value is -4.40. The van der Waals surface area contributed by atoms with Crippen molar-refractivity contribution in [2.24, 2.45) is 0 Å². The van der Waals surface area contributed by atoms with Gasteiger partial charge >= 0.3 is 0 Å². The van der Waals surface area contributed by atoms with E-state index in [1.165, 1.54) is 42.1 Å². The number of carbonyl (C=O) groups is 3. The lowest BCUT2D eigenvalue weighted by molar-refractivity contribution is -0.114. The van der Waals surface area contributed by atoms with Crippen LogP contribution in [0.15, 0.2) is 114 Å². The first-order valence-corrected chi connectivity index (χ1v) is 13.2. The fourth-order valence-corrected chi connectivity index (χ4v) is 4.37. The molecule has 3 N–H and O–H groups in total. The quantitative estimate of drug-likeness (QED) is 0.159. The number of para-hydroxylation sites is 1. The Morgan fingerprint density at radius 1 is 0.821 bits per heavy atom. The minimum atomic E-state index is -0.567. The van der Waals surface area contributed by atoms with Crippen LogP contribution in [0.4, 0.5) is 15.8 Å². The van der Waals surface area contributed by atoms with Gasteiger partial charge in [0.15, 0.2) is 0 Å². The summed E-state index contributed by atoms with van der Waals surface area (Å²) in [7, 11) is 0. The first kappa shape index (κ1) is 27.6. The van der Waals surface area contributed by atoms with Gasteiger partial charge in [0.25, 0.3) is 11.8 Å². The third kappa shape index (κ3) is 8.29. The molecule has 0 saturated heterocycles. The zero-order valence-corrected chi connectivity index (χ0v) is 22.1. The molecular formula is C30H23ClFN3O3S. The maximum absolute atomic E-state index is 13.4. The third-order valence-corrected chi connectivity index (χ3v) is 6.64. The van der Waals surface area contributed by atoms with Crippen LogP contribution in [0.5, 0.6) is 0 Å². The number of carbonyl (C=O) groups excluding carboxylic acids is 3. The second-order valence-corrected chi connectivity index (χ2v) is 9.68. The number of rotatable bonds is 9. The summed E-state index contributed by atoms with van der Waals surface area (Å²) < 4.78 is 13.4. The zero-order chi connectivity index (χ0) is 27.6. The Kier molecular flexibility index (Phi) is 9.50. The Balaban J connectivity index is 1.45. The van der Waals surface area contributed by atoms with Crippen molar-refractivity contribution in [2.75, 3.05) is 16.4 Å². The summed E-state index contributed by atoms with van der Waals surface area (Å²) in [6, 6.07) is 28.0. The highest BCUT2D eigenvalue weighted by atomic mass is 35.5. The smallest absolute Gasteiger partial charge is 0.272 e. The Morgan fingerprint density at radius 2 is 1.54 bits per heavy atom. The molecule has 0 unspecified atom stereocenters. The van der Waals surface area contributed by atoms with Crippen molar-refractivity contribution in [2.45, 2.75) is 4.90 Å². The highest BCUT2D eigenvalue weighted by Crippen LogP contribution is 2.24. The molecule has 0 heterocycles. The number of hydrogen-bond acceptors (Lipinski definition) is 4. The van der Waals surface area contributed by atoms with Crippen molar-refractivity contribution < 1.29 is 18.8 Å². The zero-order valence-electron chi connectivity index (χ0n) is 20.5. The van der Waals surface area contributed by atoms with Crippen molar-refractivity contribution in [3.63, 3.8) is 0 Å². The molecule has 9 heteroatoms. The first-order chi connectivity index (χ1) is 18.9. The van der Waals surface area contributed by atoms with Crippen molar-refractivity contribution >= 4 is 58.5 Å². The molecule has 6 nitrogen and oxygen atoms in total. The molecular weight excluding hydrogens is 537 g/mol. The number of thioether (sulfide) groups is 1. The van der Waals surface area contributed by atoms with Crippen molar-refractivity contribution in [3.8, 4) is 0 Å². The van der Waals surface area contributed by atoms with E-state index in [-0.39, 0.29) is 17.4 Å². The minimum Gasteiger partial charge on any atom is -0.324 e. The van der Waals surface area contributed by atoms with E-state index < -0.39 is 17.6 Å². The van der Waals surface area contributed by atoms with Crippen LogP contribution in [-0.4, -0.2) is 23.5 Å². The van der Waals surface area contributed by atoms with E-state index in [2.05, 4.69) is 16.0 Å². The van der Waals surface area contributed by atoms with Gasteiger partial charge in [-0.05, 0) is 66.2 Å². The number of benzene rings is 4. The number of halogens is 2. The van der Waals surface area contributed by atoms with Crippen LogP contribution in [-0.2, 0) is 9.59 Å². The Morgan fingerprint density at radius 3 is 2.28 bits per heavy atom. The summed E-state index contributed by atoms with van der Waals surface area (Å²) in [5, 5.41) is 8.64. The molecule has 0 aliphatic heterocycles. The minimum absolute atomic E-state index is 0.0207. The molecule has 0 aromatic heterocycles. The van der Waals surface area contributed by atoms with Crippen molar-refractivity contribution in [3.05, 3.63) is 131 Å². The van der Waals surface area contributed by atoms with Gasteiger partial charge < -0.3 is 16.0 Å². The van der Waals surface area contributed by atoms with Crippen LogP contribution in [0.3, 0.4) is 0 Å². The van der Waals surface area contributed by atoms with Gasteiger partial charge in [0.05, 0.1) is 16.5 Å². The van der Waals surface area contributed by atoms with Crippen molar-refractivity contribution in [1.29, 1.82) is 0 Å². The van der Waals surface area contributed by atoms with E-state index in [0.717, 1.165) is 4.90 Å². The molecule has 3 amide bonds. The molecule has 0 radical (unpaired) electrons. The van der Waals surface area contributed by atoms with Crippen LogP contribution in [0.1, 0.15) is 15.9 Å². The van der Waals surface area contributed by atoms with E-state index in [0.29, 0.717) is 27.5 Å². The van der Waals surface area contributed by atoms with E-state index in [9.17, 15) is 18.8 Å². The number of anilines is 2. The summed E-state index contributed by atoms with van der Waals surface area (Å²) in [5.41, 5.74) is 1.89.